The van der Waals surface area contributed by atoms with E-state index in [0.29, 0.717) is 5.75 Å². The van der Waals surface area contributed by atoms with E-state index < -0.39 is 6.04 Å². The quantitative estimate of drug-likeness (QED) is 0.778. The van der Waals surface area contributed by atoms with E-state index in [1.165, 1.54) is 0 Å². The maximum absolute atomic E-state index is 11.7. The van der Waals surface area contributed by atoms with Crippen LogP contribution in [-0.2, 0) is 9.59 Å². The molecule has 0 radical (unpaired) electrons. The summed E-state index contributed by atoms with van der Waals surface area (Å²) in [7, 11) is 0. The topological polar surface area (TPSA) is 58.2 Å². The predicted octanol–water partition coefficient (Wildman–Crippen LogP) is 1.94. The summed E-state index contributed by atoms with van der Waals surface area (Å²) in [6, 6.07) is -0.340. The highest BCUT2D eigenvalue weighted by Crippen LogP contribution is 2.22. The van der Waals surface area contributed by atoms with Gasteiger partial charge in [-0.1, -0.05) is 27.7 Å². The van der Waals surface area contributed by atoms with Gasteiger partial charge in [0, 0.05) is 10.8 Å². The van der Waals surface area contributed by atoms with Gasteiger partial charge in [0.05, 0.1) is 5.75 Å². The molecular weight excluding hydrogens is 248 g/mol. The molecule has 0 bridgehead atoms. The van der Waals surface area contributed by atoms with Gasteiger partial charge in [-0.25, -0.2) is 0 Å². The molecule has 0 saturated heterocycles. The molecule has 0 aromatic heterocycles. The first-order valence-electron chi connectivity index (χ1n) is 6.39. The van der Waals surface area contributed by atoms with E-state index in [1.54, 1.807) is 18.7 Å². The van der Waals surface area contributed by atoms with Crippen LogP contribution >= 0.6 is 11.8 Å². The summed E-state index contributed by atoms with van der Waals surface area (Å²) in [4.78, 5) is 23.4. The summed E-state index contributed by atoms with van der Waals surface area (Å²) in [5, 5.41) is 5.56. The van der Waals surface area contributed by atoms with Gasteiger partial charge >= 0.3 is 0 Å². The summed E-state index contributed by atoms with van der Waals surface area (Å²) in [6.45, 7) is 11.8. The lowest BCUT2D eigenvalue weighted by molar-refractivity contribution is -0.127. The Balaban J connectivity index is 4.03. The Kier molecular flexibility index (Phi) is 7.36. The molecule has 106 valence electrons. The van der Waals surface area contributed by atoms with Gasteiger partial charge in [0.2, 0.25) is 11.8 Å². The largest absolute Gasteiger partial charge is 0.352 e. The molecule has 2 atom stereocenters. The Morgan fingerprint density at radius 2 is 1.72 bits per heavy atom. The van der Waals surface area contributed by atoms with Gasteiger partial charge in [-0.2, -0.15) is 0 Å². The van der Waals surface area contributed by atoms with Crippen LogP contribution in [0.3, 0.4) is 0 Å². The molecule has 2 amide bonds. The lowest BCUT2D eigenvalue weighted by Crippen LogP contribution is -2.47. The Labute approximate surface area is 115 Å². The van der Waals surface area contributed by atoms with Crippen molar-refractivity contribution in [2.45, 2.75) is 64.8 Å². The summed E-state index contributed by atoms with van der Waals surface area (Å²) in [5.74, 6) is 0.157. The van der Waals surface area contributed by atoms with Crippen LogP contribution in [0.15, 0.2) is 0 Å². The van der Waals surface area contributed by atoms with Gasteiger partial charge in [-0.15, -0.1) is 11.8 Å². The molecule has 0 rings (SSSR count). The average Bonchev–Trinajstić information content (AvgIpc) is 2.25. The Morgan fingerprint density at radius 3 is 2.17 bits per heavy atom. The van der Waals surface area contributed by atoms with Crippen molar-refractivity contribution in [1.29, 1.82) is 0 Å². The number of carbonyl (C=O) groups is 2. The molecule has 0 spiro atoms. The van der Waals surface area contributed by atoms with Crippen LogP contribution in [0.2, 0.25) is 0 Å². The van der Waals surface area contributed by atoms with E-state index in [-0.39, 0.29) is 22.6 Å². The van der Waals surface area contributed by atoms with Crippen molar-refractivity contribution in [3.63, 3.8) is 0 Å². The average molecular weight is 274 g/mol. The van der Waals surface area contributed by atoms with Gasteiger partial charge in [-0.05, 0) is 20.3 Å². The van der Waals surface area contributed by atoms with Crippen LogP contribution in [0.5, 0.6) is 0 Å². The van der Waals surface area contributed by atoms with Crippen molar-refractivity contribution in [1.82, 2.24) is 10.6 Å². The number of amides is 2. The minimum absolute atomic E-state index is 0.0551. The fourth-order valence-electron chi connectivity index (χ4n) is 1.10. The Morgan fingerprint density at radius 1 is 1.17 bits per heavy atom. The van der Waals surface area contributed by atoms with Crippen LogP contribution in [0.25, 0.3) is 0 Å². The maximum atomic E-state index is 11.7. The molecule has 0 aromatic carbocycles. The number of thioether (sulfide) groups is 1. The fourth-order valence-corrected chi connectivity index (χ4v) is 1.75. The van der Waals surface area contributed by atoms with Gasteiger partial charge in [0.15, 0.2) is 0 Å². The molecule has 0 aliphatic heterocycles. The molecule has 18 heavy (non-hydrogen) atoms. The SMILES string of the molecule is CCC(C)NC(=O)C(C)NC(=O)CSC(C)(C)C. The van der Waals surface area contributed by atoms with E-state index in [1.807, 2.05) is 13.8 Å². The molecule has 0 aliphatic carbocycles. The van der Waals surface area contributed by atoms with Crippen molar-refractivity contribution >= 4 is 23.6 Å². The smallest absolute Gasteiger partial charge is 0.242 e. The first-order valence-corrected chi connectivity index (χ1v) is 7.38. The lowest BCUT2D eigenvalue weighted by atomic mass is 10.2. The highest BCUT2D eigenvalue weighted by Gasteiger charge is 2.18. The summed E-state index contributed by atoms with van der Waals surface area (Å²) >= 11 is 1.57. The van der Waals surface area contributed by atoms with E-state index in [0.717, 1.165) is 6.42 Å². The minimum Gasteiger partial charge on any atom is -0.352 e. The van der Waals surface area contributed by atoms with Gasteiger partial charge in [-0.3, -0.25) is 9.59 Å². The second kappa shape index (κ2) is 7.67. The predicted molar refractivity (Wildman–Crippen MR) is 77.7 cm³/mol. The zero-order chi connectivity index (χ0) is 14.3. The summed E-state index contributed by atoms with van der Waals surface area (Å²) < 4.78 is 0.0551. The van der Waals surface area contributed by atoms with Crippen molar-refractivity contribution in [2.75, 3.05) is 5.75 Å². The molecular formula is C13H26N2O2S. The molecule has 0 aliphatic rings. The molecule has 4 nitrogen and oxygen atoms in total. The van der Waals surface area contributed by atoms with Crippen molar-refractivity contribution in [2.24, 2.45) is 0 Å². The number of rotatable bonds is 6. The van der Waals surface area contributed by atoms with E-state index in [2.05, 4.69) is 31.4 Å². The zero-order valence-corrected chi connectivity index (χ0v) is 13.1. The lowest BCUT2D eigenvalue weighted by Gasteiger charge is -2.20. The number of carbonyl (C=O) groups excluding carboxylic acids is 2. The minimum atomic E-state index is -0.480. The highest BCUT2D eigenvalue weighted by atomic mass is 32.2. The fraction of sp³-hybridized carbons (Fsp3) is 0.846. The molecule has 0 heterocycles. The molecule has 0 aromatic rings. The monoisotopic (exact) mass is 274 g/mol. The maximum Gasteiger partial charge on any atom is 0.242 e. The third-order valence-corrected chi connectivity index (χ3v) is 3.68. The zero-order valence-electron chi connectivity index (χ0n) is 12.3. The second-order valence-corrected chi connectivity index (χ2v) is 7.31. The van der Waals surface area contributed by atoms with Crippen molar-refractivity contribution in [3.05, 3.63) is 0 Å². The van der Waals surface area contributed by atoms with Gasteiger partial charge in [0.25, 0.3) is 0 Å². The summed E-state index contributed by atoms with van der Waals surface area (Å²) in [6.07, 6.45) is 0.881. The summed E-state index contributed by atoms with van der Waals surface area (Å²) in [5.41, 5.74) is 0. The number of hydrogen-bond acceptors (Lipinski definition) is 3. The highest BCUT2D eigenvalue weighted by molar-refractivity contribution is 8.01. The number of nitrogens with one attached hydrogen (secondary N) is 2. The molecule has 2 N–H and O–H groups in total. The molecule has 0 fully saturated rings. The van der Waals surface area contributed by atoms with Crippen LogP contribution in [0.1, 0.15) is 48.0 Å². The van der Waals surface area contributed by atoms with E-state index >= 15 is 0 Å². The van der Waals surface area contributed by atoms with Crippen molar-refractivity contribution < 1.29 is 9.59 Å². The van der Waals surface area contributed by atoms with E-state index in [9.17, 15) is 9.59 Å². The first kappa shape index (κ1) is 17.3. The second-order valence-electron chi connectivity index (χ2n) is 5.51. The normalized spacial score (nSPS) is 14.8. The molecule has 0 saturated carbocycles. The van der Waals surface area contributed by atoms with Crippen LogP contribution in [0.4, 0.5) is 0 Å². The van der Waals surface area contributed by atoms with Gasteiger partial charge in [0.1, 0.15) is 6.04 Å². The third kappa shape index (κ3) is 8.39. The van der Waals surface area contributed by atoms with Crippen LogP contribution in [-0.4, -0.2) is 34.4 Å². The van der Waals surface area contributed by atoms with Crippen LogP contribution < -0.4 is 10.6 Å². The van der Waals surface area contributed by atoms with Gasteiger partial charge < -0.3 is 10.6 Å². The van der Waals surface area contributed by atoms with Crippen molar-refractivity contribution in [3.8, 4) is 0 Å². The van der Waals surface area contributed by atoms with Crippen LogP contribution in [0, 0.1) is 0 Å². The molecule has 5 heteroatoms. The Bertz CT molecular complexity index is 287. The molecule has 2 unspecified atom stereocenters. The number of hydrogen-bond donors (Lipinski definition) is 2. The Hall–Kier alpha value is -0.710. The third-order valence-electron chi connectivity index (χ3n) is 2.41. The standard InChI is InChI=1S/C13H26N2O2S/c1-7-9(2)14-12(17)10(3)15-11(16)8-18-13(4,5)6/h9-10H,7-8H2,1-6H3,(H,14,17)(H,15,16). The first-order chi connectivity index (χ1) is 8.15. The van der Waals surface area contributed by atoms with E-state index in [4.69, 9.17) is 0 Å².